The van der Waals surface area contributed by atoms with Crippen LogP contribution in [0.2, 0.25) is 5.02 Å². The number of rotatable bonds is 8. The minimum atomic E-state index is -0.588. The van der Waals surface area contributed by atoms with Crippen LogP contribution in [0.25, 0.3) is 5.70 Å². The van der Waals surface area contributed by atoms with Gasteiger partial charge in [0.2, 0.25) is 0 Å². The molecule has 0 spiro atoms. The number of amides is 2. The zero-order valence-electron chi connectivity index (χ0n) is 18.1. The Labute approximate surface area is 201 Å². The van der Waals surface area contributed by atoms with Gasteiger partial charge >= 0.3 is 5.97 Å². The number of anilines is 1. The number of halogens is 1. The zero-order chi connectivity index (χ0) is 24.1. The second-order valence-corrected chi connectivity index (χ2v) is 7.87. The van der Waals surface area contributed by atoms with Crippen LogP contribution in [-0.4, -0.2) is 35.8 Å². The van der Waals surface area contributed by atoms with Gasteiger partial charge in [0.15, 0.2) is 6.61 Å². The summed E-state index contributed by atoms with van der Waals surface area (Å²) >= 11 is 6.08. The van der Waals surface area contributed by atoms with Crippen LogP contribution >= 0.6 is 11.6 Å². The average Bonchev–Trinajstić information content (AvgIpc) is 3.09. The van der Waals surface area contributed by atoms with E-state index >= 15 is 0 Å². The van der Waals surface area contributed by atoms with Gasteiger partial charge in [-0.05, 0) is 42.5 Å². The van der Waals surface area contributed by atoms with Crippen LogP contribution in [0.15, 0.2) is 79.4 Å². The van der Waals surface area contributed by atoms with Crippen molar-refractivity contribution in [3.05, 3.63) is 95.5 Å². The monoisotopic (exact) mass is 476 g/mol. The predicted molar refractivity (Wildman–Crippen MR) is 129 cm³/mol. The molecule has 3 aromatic carbocycles. The molecule has 1 aliphatic rings. The molecule has 1 heterocycles. The molecule has 1 N–H and O–H groups in total. The molecule has 7 nitrogen and oxygen atoms in total. The molecular formula is C26H21ClN2O5. The van der Waals surface area contributed by atoms with Gasteiger partial charge in [-0.15, -0.1) is 0 Å². The van der Waals surface area contributed by atoms with Crippen molar-refractivity contribution >= 4 is 40.8 Å². The lowest BCUT2D eigenvalue weighted by atomic mass is 10.1. The quantitative estimate of drug-likeness (QED) is 0.455. The van der Waals surface area contributed by atoms with Crippen LogP contribution in [0.1, 0.15) is 22.3 Å². The molecule has 0 unspecified atom stereocenters. The minimum Gasteiger partial charge on any atom is -0.456 e. The van der Waals surface area contributed by atoms with E-state index in [1.165, 1.54) is 4.90 Å². The molecule has 0 saturated carbocycles. The molecule has 0 aliphatic carbocycles. The molecule has 2 amide bonds. The summed E-state index contributed by atoms with van der Waals surface area (Å²) in [5.41, 5.74) is 2.38. The molecule has 0 bridgehead atoms. The topological polar surface area (TPSA) is 84.9 Å². The maximum atomic E-state index is 12.5. The van der Waals surface area contributed by atoms with Crippen molar-refractivity contribution in [2.24, 2.45) is 0 Å². The SMILES string of the molecule is C=C1c2ccccc2C(=O)N1CCC(=O)OCC(=O)Nc1ccc(Oc2ccccc2Cl)cc1. The van der Waals surface area contributed by atoms with Crippen molar-refractivity contribution in [1.82, 2.24) is 4.90 Å². The van der Waals surface area contributed by atoms with Gasteiger partial charge in [-0.25, -0.2) is 0 Å². The molecular weight excluding hydrogens is 456 g/mol. The molecule has 0 atom stereocenters. The highest BCUT2D eigenvalue weighted by Crippen LogP contribution is 2.31. The largest absolute Gasteiger partial charge is 0.456 e. The molecule has 1 aliphatic heterocycles. The first-order valence-corrected chi connectivity index (χ1v) is 10.9. The summed E-state index contributed by atoms with van der Waals surface area (Å²) in [6.07, 6.45) is -0.0554. The van der Waals surface area contributed by atoms with Crippen LogP contribution in [-0.2, 0) is 14.3 Å². The summed E-state index contributed by atoms with van der Waals surface area (Å²) in [5.74, 6) is -0.195. The number of carbonyl (C=O) groups excluding carboxylic acids is 3. The molecule has 0 saturated heterocycles. The second kappa shape index (κ2) is 10.2. The van der Waals surface area contributed by atoms with Crippen LogP contribution in [0, 0.1) is 0 Å². The highest BCUT2D eigenvalue weighted by atomic mass is 35.5. The van der Waals surface area contributed by atoms with E-state index in [0.29, 0.717) is 33.5 Å². The Balaban J connectivity index is 1.21. The number of hydrogen-bond acceptors (Lipinski definition) is 5. The van der Waals surface area contributed by atoms with Gasteiger partial charge in [0, 0.05) is 29.1 Å². The number of esters is 1. The van der Waals surface area contributed by atoms with Gasteiger partial charge in [0.1, 0.15) is 11.5 Å². The zero-order valence-corrected chi connectivity index (χ0v) is 18.9. The van der Waals surface area contributed by atoms with Crippen LogP contribution < -0.4 is 10.1 Å². The van der Waals surface area contributed by atoms with Gasteiger partial charge in [-0.2, -0.15) is 0 Å². The normalized spacial score (nSPS) is 12.3. The van der Waals surface area contributed by atoms with E-state index in [1.807, 2.05) is 24.3 Å². The third-order valence-electron chi connectivity index (χ3n) is 5.15. The lowest BCUT2D eigenvalue weighted by Gasteiger charge is -2.16. The summed E-state index contributed by atoms with van der Waals surface area (Å²) in [6.45, 7) is 3.62. The molecule has 3 aromatic rings. The predicted octanol–water partition coefficient (Wildman–Crippen LogP) is 5.13. The van der Waals surface area contributed by atoms with E-state index in [0.717, 1.165) is 5.56 Å². The molecule has 34 heavy (non-hydrogen) atoms. The van der Waals surface area contributed by atoms with E-state index in [9.17, 15) is 14.4 Å². The number of hydrogen-bond donors (Lipinski definition) is 1. The highest BCUT2D eigenvalue weighted by Gasteiger charge is 2.30. The van der Waals surface area contributed by atoms with Gasteiger partial charge in [0.05, 0.1) is 11.4 Å². The first kappa shape index (κ1) is 23.1. The summed E-state index contributed by atoms with van der Waals surface area (Å²) in [7, 11) is 0. The van der Waals surface area contributed by atoms with Crippen molar-refractivity contribution in [2.45, 2.75) is 6.42 Å². The number of carbonyl (C=O) groups is 3. The van der Waals surface area contributed by atoms with Crippen LogP contribution in [0.5, 0.6) is 11.5 Å². The van der Waals surface area contributed by atoms with E-state index in [2.05, 4.69) is 11.9 Å². The fourth-order valence-corrected chi connectivity index (χ4v) is 3.62. The molecule has 0 fully saturated rings. The molecule has 0 aromatic heterocycles. The highest BCUT2D eigenvalue weighted by molar-refractivity contribution is 6.32. The number of benzene rings is 3. The average molecular weight is 477 g/mol. The third kappa shape index (κ3) is 5.27. The number of nitrogens with zero attached hydrogens (tertiary/aromatic N) is 1. The lowest BCUT2D eigenvalue weighted by Crippen LogP contribution is -2.27. The fourth-order valence-electron chi connectivity index (χ4n) is 3.45. The Hall–Kier alpha value is -4.10. The first-order chi connectivity index (χ1) is 16.4. The van der Waals surface area contributed by atoms with Crippen molar-refractivity contribution in [2.75, 3.05) is 18.5 Å². The van der Waals surface area contributed by atoms with E-state index in [-0.39, 0.29) is 18.9 Å². The van der Waals surface area contributed by atoms with Crippen molar-refractivity contribution in [3.63, 3.8) is 0 Å². The van der Waals surface area contributed by atoms with Gasteiger partial charge in [-0.1, -0.05) is 48.5 Å². The Morgan fingerprint density at radius 3 is 2.32 bits per heavy atom. The van der Waals surface area contributed by atoms with E-state index in [1.54, 1.807) is 48.5 Å². The Kier molecular flexibility index (Phi) is 6.94. The smallest absolute Gasteiger partial charge is 0.308 e. The number of nitrogens with one attached hydrogen (secondary N) is 1. The molecule has 4 rings (SSSR count). The van der Waals surface area contributed by atoms with Crippen molar-refractivity contribution in [3.8, 4) is 11.5 Å². The summed E-state index contributed by atoms with van der Waals surface area (Å²) in [6, 6.07) is 20.9. The minimum absolute atomic E-state index is 0.0554. The number of ether oxygens (including phenoxy) is 2. The Morgan fingerprint density at radius 1 is 0.941 bits per heavy atom. The first-order valence-electron chi connectivity index (χ1n) is 10.5. The molecule has 172 valence electrons. The van der Waals surface area contributed by atoms with Gasteiger partial charge in [0.25, 0.3) is 11.8 Å². The summed E-state index contributed by atoms with van der Waals surface area (Å²) in [4.78, 5) is 38.1. The molecule has 8 heteroatoms. The number of para-hydroxylation sites is 1. The number of fused-ring (bicyclic) bond motifs is 1. The Bertz CT molecular complexity index is 1220. The van der Waals surface area contributed by atoms with Crippen LogP contribution in [0.4, 0.5) is 5.69 Å². The van der Waals surface area contributed by atoms with Gasteiger partial charge in [-0.3, -0.25) is 14.4 Å². The second-order valence-electron chi connectivity index (χ2n) is 7.46. The fraction of sp³-hybridized carbons (Fsp3) is 0.115. The lowest BCUT2D eigenvalue weighted by molar-refractivity contribution is -0.147. The van der Waals surface area contributed by atoms with E-state index < -0.39 is 18.5 Å². The standard InChI is InChI=1S/C26H21ClN2O5/c1-17-20-6-2-3-7-21(20)26(32)29(17)15-14-25(31)33-16-24(30)28-18-10-12-19(13-11-18)34-23-9-5-4-8-22(23)27/h2-13H,1,14-16H2,(H,28,30). The van der Waals surface area contributed by atoms with Gasteiger partial charge < -0.3 is 19.7 Å². The maximum Gasteiger partial charge on any atom is 0.308 e. The summed E-state index contributed by atoms with van der Waals surface area (Å²) in [5, 5.41) is 3.14. The maximum absolute atomic E-state index is 12.5. The Morgan fingerprint density at radius 2 is 1.62 bits per heavy atom. The third-order valence-corrected chi connectivity index (χ3v) is 5.46. The summed E-state index contributed by atoms with van der Waals surface area (Å²) < 4.78 is 10.7. The van der Waals surface area contributed by atoms with Crippen molar-refractivity contribution < 1.29 is 23.9 Å². The molecule has 0 radical (unpaired) electrons. The van der Waals surface area contributed by atoms with Crippen molar-refractivity contribution in [1.29, 1.82) is 0 Å². The van der Waals surface area contributed by atoms with Crippen LogP contribution in [0.3, 0.4) is 0 Å². The van der Waals surface area contributed by atoms with E-state index in [4.69, 9.17) is 21.1 Å².